The summed E-state index contributed by atoms with van der Waals surface area (Å²) < 4.78 is 0. The summed E-state index contributed by atoms with van der Waals surface area (Å²) in [6, 6.07) is 0. The second-order valence-electron chi connectivity index (χ2n) is 6.89. The van der Waals surface area contributed by atoms with Crippen molar-refractivity contribution in [2.24, 2.45) is 16.6 Å². The Morgan fingerprint density at radius 2 is 1.75 bits per heavy atom. The topological polar surface area (TPSA) is 29.3 Å². The predicted octanol–water partition coefficient (Wildman–Crippen LogP) is 2.63. The molecule has 1 saturated heterocycles. The maximum absolute atomic E-state index is 6.06. The molecule has 1 aliphatic heterocycles. The molecule has 1 aliphatic carbocycles. The highest BCUT2D eigenvalue weighted by atomic mass is 15.2. The molecule has 16 heavy (non-hydrogen) atoms. The molecule has 0 spiro atoms. The highest BCUT2D eigenvalue weighted by Crippen LogP contribution is 2.38. The van der Waals surface area contributed by atoms with Crippen LogP contribution in [0.2, 0.25) is 0 Å². The summed E-state index contributed by atoms with van der Waals surface area (Å²) in [5.74, 6) is 0. The van der Waals surface area contributed by atoms with Crippen LogP contribution < -0.4 is 5.73 Å². The van der Waals surface area contributed by atoms with Gasteiger partial charge < -0.3 is 10.6 Å². The van der Waals surface area contributed by atoms with Crippen molar-refractivity contribution in [3.05, 3.63) is 0 Å². The van der Waals surface area contributed by atoms with Crippen molar-refractivity contribution in [3.8, 4) is 0 Å². The maximum atomic E-state index is 6.06. The first-order valence-electron chi connectivity index (χ1n) is 6.98. The van der Waals surface area contributed by atoms with Gasteiger partial charge in [0.05, 0.1) is 0 Å². The third-order valence-corrected chi connectivity index (χ3v) is 4.66. The van der Waals surface area contributed by atoms with Crippen LogP contribution in [0.4, 0.5) is 0 Å². The molecule has 2 fully saturated rings. The largest absolute Gasteiger partial charge is 0.330 e. The van der Waals surface area contributed by atoms with Crippen LogP contribution in [0.5, 0.6) is 0 Å². The van der Waals surface area contributed by atoms with E-state index >= 15 is 0 Å². The van der Waals surface area contributed by atoms with E-state index in [2.05, 4.69) is 18.7 Å². The minimum Gasteiger partial charge on any atom is -0.330 e. The molecule has 1 heterocycles. The SMILES string of the molecule is CC1(C)CCN(CC2(CN)CCCCC2)C1. The van der Waals surface area contributed by atoms with E-state index < -0.39 is 0 Å². The van der Waals surface area contributed by atoms with Gasteiger partial charge in [0.25, 0.3) is 0 Å². The van der Waals surface area contributed by atoms with Crippen LogP contribution >= 0.6 is 0 Å². The summed E-state index contributed by atoms with van der Waals surface area (Å²) in [7, 11) is 0. The maximum Gasteiger partial charge on any atom is 0.00503 e. The first-order chi connectivity index (χ1) is 7.55. The molecule has 0 aromatic heterocycles. The molecule has 2 N–H and O–H groups in total. The molecule has 0 aromatic carbocycles. The molecule has 2 nitrogen and oxygen atoms in total. The van der Waals surface area contributed by atoms with E-state index in [1.165, 1.54) is 58.2 Å². The lowest BCUT2D eigenvalue weighted by molar-refractivity contribution is 0.120. The van der Waals surface area contributed by atoms with E-state index in [4.69, 9.17) is 5.73 Å². The molecular formula is C14H28N2. The lowest BCUT2D eigenvalue weighted by atomic mass is 9.73. The van der Waals surface area contributed by atoms with Crippen LogP contribution in [-0.4, -0.2) is 31.1 Å². The van der Waals surface area contributed by atoms with E-state index in [9.17, 15) is 0 Å². The first kappa shape index (κ1) is 12.4. The molecule has 1 saturated carbocycles. The van der Waals surface area contributed by atoms with Crippen molar-refractivity contribution in [2.45, 2.75) is 52.4 Å². The number of hydrogen-bond acceptors (Lipinski definition) is 2. The van der Waals surface area contributed by atoms with Gasteiger partial charge in [-0.15, -0.1) is 0 Å². The van der Waals surface area contributed by atoms with Crippen molar-refractivity contribution in [3.63, 3.8) is 0 Å². The molecular weight excluding hydrogens is 196 g/mol. The Morgan fingerprint density at radius 3 is 2.25 bits per heavy atom. The lowest BCUT2D eigenvalue weighted by Crippen LogP contribution is -2.43. The van der Waals surface area contributed by atoms with Crippen LogP contribution in [0, 0.1) is 10.8 Å². The number of likely N-dealkylation sites (tertiary alicyclic amines) is 1. The van der Waals surface area contributed by atoms with Gasteiger partial charge in [-0.3, -0.25) is 0 Å². The molecule has 0 bridgehead atoms. The van der Waals surface area contributed by atoms with Crippen LogP contribution in [0.1, 0.15) is 52.4 Å². The Bertz CT molecular complexity index is 229. The third-order valence-electron chi connectivity index (χ3n) is 4.66. The molecule has 0 atom stereocenters. The molecule has 0 unspecified atom stereocenters. The van der Waals surface area contributed by atoms with Gasteiger partial charge in [0.2, 0.25) is 0 Å². The second kappa shape index (κ2) is 4.66. The summed E-state index contributed by atoms with van der Waals surface area (Å²) in [4.78, 5) is 2.66. The molecule has 0 aromatic rings. The van der Waals surface area contributed by atoms with E-state index in [1.54, 1.807) is 0 Å². The monoisotopic (exact) mass is 224 g/mol. The Labute approximate surface area is 101 Å². The van der Waals surface area contributed by atoms with Crippen molar-refractivity contribution in [1.82, 2.24) is 4.90 Å². The number of hydrogen-bond donors (Lipinski definition) is 1. The first-order valence-corrected chi connectivity index (χ1v) is 6.98. The van der Waals surface area contributed by atoms with E-state index in [1.807, 2.05) is 0 Å². The zero-order valence-electron chi connectivity index (χ0n) is 11.1. The van der Waals surface area contributed by atoms with Gasteiger partial charge in [-0.25, -0.2) is 0 Å². The van der Waals surface area contributed by atoms with Crippen LogP contribution in [0.3, 0.4) is 0 Å². The Morgan fingerprint density at radius 1 is 1.06 bits per heavy atom. The lowest BCUT2D eigenvalue weighted by Gasteiger charge is -2.39. The minimum atomic E-state index is 0.457. The normalized spacial score (nSPS) is 29.4. The fourth-order valence-corrected chi connectivity index (χ4v) is 3.56. The molecule has 2 rings (SSSR count). The Balaban J connectivity index is 1.91. The van der Waals surface area contributed by atoms with Gasteiger partial charge in [-0.1, -0.05) is 33.1 Å². The van der Waals surface area contributed by atoms with Crippen molar-refractivity contribution in [1.29, 1.82) is 0 Å². The van der Waals surface area contributed by atoms with Crippen molar-refractivity contribution < 1.29 is 0 Å². The molecule has 2 aliphatic rings. The van der Waals surface area contributed by atoms with Gasteiger partial charge in [0.15, 0.2) is 0 Å². The molecule has 2 heteroatoms. The Kier molecular flexibility index (Phi) is 3.60. The number of rotatable bonds is 3. The van der Waals surface area contributed by atoms with Crippen molar-refractivity contribution in [2.75, 3.05) is 26.2 Å². The summed E-state index contributed by atoms with van der Waals surface area (Å²) in [6.07, 6.45) is 8.30. The minimum absolute atomic E-state index is 0.457. The van der Waals surface area contributed by atoms with E-state index in [-0.39, 0.29) is 0 Å². The number of nitrogens with zero attached hydrogens (tertiary/aromatic N) is 1. The van der Waals surface area contributed by atoms with Crippen LogP contribution in [-0.2, 0) is 0 Å². The van der Waals surface area contributed by atoms with Crippen LogP contribution in [0.15, 0.2) is 0 Å². The summed E-state index contributed by atoms with van der Waals surface area (Å²) in [5.41, 5.74) is 7.05. The summed E-state index contributed by atoms with van der Waals surface area (Å²) in [6.45, 7) is 9.49. The molecule has 0 amide bonds. The zero-order valence-corrected chi connectivity index (χ0v) is 11.1. The zero-order chi connectivity index (χ0) is 11.6. The average Bonchev–Trinajstić information content (AvgIpc) is 2.59. The molecule has 0 radical (unpaired) electrons. The fourth-order valence-electron chi connectivity index (χ4n) is 3.56. The van der Waals surface area contributed by atoms with Gasteiger partial charge in [0.1, 0.15) is 0 Å². The second-order valence-corrected chi connectivity index (χ2v) is 6.89. The highest BCUT2D eigenvalue weighted by Gasteiger charge is 2.36. The smallest absolute Gasteiger partial charge is 0.00503 e. The number of nitrogens with two attached hydrogens (primary N) is 1. The van der Waals surface area contributed by atoms with E-state index in [0.29, 0.717) is 10.8 Å². The predicted molar refractivity (Wildman–Crippen MR) is 69.4 cm³/mol. The van der Waals surface area contributed by atoms with Crippen molar-refractivity contribution >= 4 is 0 Å². The van der Waals surface area contributed by atoms with E-state index in [0.717, 1.165) is 6.54 Å². The standard InChI is InChI=1S/C14H28N2/c1-13(2)8-9-16(11-13)12-14(10-15)6-4-3-5-7-14/h3-12,15H2,1-2H3. The van der Waals surface area contributed by atoms with Gasteiger partial charge in [0, 0.05) is 13.1 Å². The third kappa shape index (κ3) is 2.78. The van der Waals surface area contributed by atoms with Gasteiger partial charge >= 0.3 is 0 Å². The Hall–Kier alpha value is -0.0800. The quantitative estimate of drug-likeness (QED) is 0.798. The molecule has 94 valence electrons. The fraction of sp³-hybridized carbons (Fsp3) is 1.00. The van der Waals surface area contributed by atoms with Crippen LogP contribution in [0.25, 0.3) is 0 Å². The summed E-state index contributed by atoms with van der Waals surface area (Å²) >= 11 is 0. The average molecular weight is 224 g/mol. The van der Waals surface area contributed by atoms with Gasteiger partial charge in [-0.2, -0.15) is 0 Å². The highest BCUT2D eigenvalue weighted by molar-refractivity contribution is 4.91. The summed E-state index contributed by atoms with van der Waals surface area (Å²) in [5, 5.41) is 0. The van der Waals surface area contributed by atoms with Gasteiger partial charge in [-0.05, 0) is 43.2 Å².